The number of amides is 1. The fourth-order valence-electron chi connectivity index (χ4n) is 1.46. The molecule has 90 valence electrons. The van der Waals surface area contributed by atoms with Crippen LogP contribution in [0.3, 0.4) is 0 Å². The molecule has 0 saturated carbocycles. The van der Waals surface area contributed by atoms with Crippen LogP contribution >= 0.6 is 12.4 Å². The van der Waals surface area contributed by atoms with Crippen molar-refractivity contribution in [3.05, 3.63) is 0 Å². The molecule has 1 atom stereocenters. The summed E-state index contributed by atoms with van der Waals surface area (Å²) in [6.07, 6.45) is 2.58. The van der Waals surface area contributed by atoms with Gasteiger partial charge < -0.3 is 15.0 Å². The Kier molecular flexibility index (Phi) is 7.74. The van der Waals surface area contributed by atoms with Crippen LogP contribution in [0.15, 0.2) is 0 Å². The minimum absolute atomic E-state index is 0. The highest BCUT2D eigenvalue weighted by atomic mass is 35.5. The zero-order valence-electron chi connectivity index (χ0n) is 9.49. The molecule has 1 heterocycles. The van der Waals surface area contributed by atoms with E-state index in [1.807, 2.05) is 14.0 Å². The molecule has 0 aliphatic carbocycles. The van der Waals surface area contributed by atoms with E-state index >= 15 is 0 Å². The summed E-state index contributed by atoms with van der Waals surface area (Å²) in [4.78, 5) is 13.1. The van der Waals surface area contributed by atoms with Gasteiger partial charge in [-0.25, -0.2) is 0 Å². The molecule has 1 rings (SSSR count). The average Bonchev–Trinajstić information content (AvgIpc) is 2.69. The lowest BCUT2D eigenvalue weighted by Gasteiger charge is -2.16. The first-order chi connectivity index (χ1) is 6.74. The van der Waals surface area contributed by atoms with Crippen molar-refractivity contribution in [3.8, 4) is 0 Å². The third kappa shape index (κ3) is 5.35. The van der Waals surface area contributed by atoms with Crippen LogP contribution in [0.4, 0.5) is 0 Å². The van der Waals surface area contributed by atoms with Crippen LogP contribution in [0.2, 0.25) is 0 Å². The van der Waals surface area contributed by atoms with Gasteiger partial charge in [0.2, 0.25) is 5.91 Å². The molecule has 0 aromatic carbocycles. The van der Waals surface area contributed by atoms with Crippen LogP contribution in [0.1, 0.15) is 19.8 Å². The smallest absolute Gasteiger partial charge is 0.236 e. The molecular formula is C10H21ClN2O2. The van der Waals surface area contributed by atoms with E-state index in [0.29, 0.717) is 12.6 Å². The summed E-state index contributed by atoms with van der Waals surface area (Å²) >= 11 is 0. The monoisotopic (exact) mass is 236 g/mol. The van der Waals surface area contributed by atoms with Gasteiger partial charge in [0, 0.05) is 26.7 Å². The largest absolute Gasteiger partial charge is 0.377 e. The maximum absolute atomic E-state index is 11.4. The summed E-state index contributed by atoms with van der Waals surface area (Å²) in [5.41, 5.74) is 0. The molecule has 4 nitrogen and oxygen atoms in total. The number of hydrogen-bond acceptors (Lipinski definition) is 3. The molecule has 15 heavy (non-hydrogen) atoms. The van der Waals surface area contributed by atoms with Gasteiger partial charge in [0.15, 0.2) is 0 Å². The number of halogens is 1. The van der Waals surface area contributed by atoms with Crippen molar-refractivity contribution in [2.24, 2.45) is 0 Å². The zero-order valence-corrected chi connectivity index (χ0v) is 10.3. The minimum Gasteiger partial charge on any atom is -0.377 e. The third-order valence-corrected chi connectivity index (χ3v) is 2.57. The van der Waals surface area contributed by atoms with Gasteiger partial charge in [0.05, 0.1) is 12.6 Å². The van der Waals surface area contributed by atoms with Crippen molar-refractivity contribution in [2.45, 2.75) is 25.9 Å². The van der Waals surface area contributed by atoms with E-state index in [2.05, 4.69) is 5.32 Å². The second kappa shape index (κ2) is 7.91. The lowest BCUT2D eigenvalue weighted by Crippen LogP contribution is -2.38. The predicted octanol–water partition coefficient (Wildman–Crippen LogP) is 0.655. The molecule has 0 aromatic heterocycles. The van der Waals surface area contributed by atoms with Gasteiger partial charge in [-0.1, -0.05) is 0 Å². The Balaban J connectivity index is 0.00000196. The minimum atomic E-state index is 0. The maximum atomic E-state index is 11.4. The van der Waals surface area contributed by atoms with E-state index < -0.39 is 0 Å². The molecule has 1 unspecified atom stereocenters. The van der Waals surface area contributed by atoms with Gasteiger partial charge in [-0.15, -0.1) is 12.4 Å². The molecule has 5 heteroatoms. The van der Waals surface area contributed by atoms with Crippen molar-refractivity contribution < 1.29 is 9.53 Å². The molecule has 1 aliphatic rings. The van der Waals surface area contributed by atoms with E-state index in [4.69, 9.17) is 4.74 Å². The van der Waals surface area contributed by atoms with Crippen molar-refractivity contribution >= 4 is 18.3 Å². The molecule has 1 N–H and O–H groups in total. The van der Waals surface area contributed by atoms with Crippen LogP contribution in [0.5, 0.6) is 0 Å². The second-order valence-electron chi connectivity index (χ2n) is 3.67. The van der Waals surface area contributed by atoms with Crippen molar-refractivity contribution in [1.82, 2.24) is 10.2 Å². The summed E-state index contributed by atoms with van der Waals surface area (Å²) in [7, 11) is 1.82. The lowest BCUT2D eigenvalue weighted by molar-refractivity contribution is -0.128. The van der Waals surface area contributed by atoms with E-state index in [1.165, 1.54) is 0 Å². The van der Waals surface area contributed by atoms with Gasteiger partial charge >= 0.3 is 0 Å². The van der Waals surface area contributed by atoms with E-state index in [0.717, 1.165) is 32.5 Å². The van der Waals surface area contributed by atoms with Gasteiger partial charge in [0.25, 0.3) is 0 Å². The highest BCUT2D eigenvalue weighted by molar-refractivity contribution is 5.85. The number of ether oxygens (including phenoxy) is 1. The average molecular weight is 237 g/mol. The number of rotatable bonds is 5. The van der Waals surface area contributed by atoms with Crippen LogP contribution in [-0.4, -0.2) is 50.2 Å². The van der Waals surface area contributed by atoms with Crippen LogP contribution in [0.25, 0.3) is 0 Å². The fraction of sp³-hybridized carbons (Fsp3) is 0.900. The summed E-state index contributed by atoms with van der Waals surface area (Å²) in [6.45, 7) is 4.82. The normalized spacial score (nSPS) is 19.7. The molecule has 1 saturated heterocycles. The summed E-state index contributed by atoms with van der Waals surface area (Å²) < 4.78 is 5.43. The topological polar surface area (TPSA) is 41.6 Å². The van der Waals surface area contributed by atoms with E-state index in [9.17, 15) is 4.79 Å². The number of nitrogens with one attached hydrogen (secondary N) is 1. The highest BCUT2D eigenvalue weighted by Gasteiger charge is 2.15. The predicted molar refractivity (Wildman–Crippen MR) is 62.4 cm³/mol. The Morgan fingerprint density at radius 2 is 2.33 bits per heavy atom. The van der Waals surface area contributed by atoms with Gasteiger partial charge in [-0.05, 0) is 19.8 Å². The lowest BCUT2D eigenvalue weighted by atomic mass is 10.2. The van der Waals surface area contributed by atoms with Crippen LogP contribution < -0.4 is 5.32 Å². The van der Waals surface area contributed by atoms with Gasteiger partial charge in [-0.3, -0.25) is 4.79 Å². The molecular weight excluding hydrogens is 216 g/mol. The van der Waals surface area contributed by atoms with Gasteiger partial charge in [-0.2, -0.15) is 0 Å². The Labute approximate surface area is 97.8 Å². The summed E-state index contributed by atoms with van der Waals surface area (Å²) in [5.74, 6) is 0.144. The summed E-state index contributed by atoms with van der Waals surface area (Å²) in [6, 6.07) is 0. The molecule has 0 bridgehead atoms. The van der Waals surface area contributed by atoms with Crippen LogP contribution in [-0.2, 0) is 9.53 Å². The number of likely N-dealkylation sites (N-methyl/N-ethyl adjacent to an activating group) is 1. The number of carbonyl (C=O) groups is 1. The van der Waals surface area contributed by atoms with E-state index in [-0.39, 0.29) is 18.3 Å². The standard InChI is InChI=1S/C10H20N2O2.ClH/c1-3-12(2)10(13)8-11-7-9-5-4-6-14-9;/h9,11H,3-8H2,1-2H3;1H. The number of hydrogen-bond donors (Lipinski definition) is 1. The molecule has 0 spiro atoms. The first-order valence-electron chi connectivity index (χ1n) is 5.30. The highest BCUT2D eigenvalue weighted by Crippen LogP contribution is 2.10. The van der Waals surface area contributed by atoms with Crippen molar-refractivity contribution in [2.75, 3.05) is 33.3 Å². The Morgan fingerprint density at radius 1 is 1.60 bits per heavy atom. The Morgan fingerprint density at radius 3 is 2.87 bits per heavy atom. The van der Waals surface area contributed by atoms with E-state index in [1.54, 1.807) is 4.90 Å². The maximum Gasteiger partial charge on any atom is 0.236 e. The Bertz CT molecular complexity index is 184. The quantitative estimate of drug-likeness (QED) is 0.763. The van der Waals surface area contributed by atoms with Gasteiger partial charge in [0.1, 0.15) is 0 Å². The van der Waals surface area contributed by atoms with Crippen LogP contribution in [0, 0.1) is 0 Å². The number of carbonyl (C=O) groups excluding carboxylic acids is 1. The second-order valence-corrected chi connectivity index (χ2v) is 3.67. The first kappa shape index (κ1) is 14.7. The van der Waals surface area contributed by atoms with Crippen molar-refractivity contribution in [3.63, 3.8) is 0 Å². The third-order valence-electron chi connectivity index (χ3n) is 2.57. The first-order valence-corrected chi connectivity index (χ1v) is 5.30. The zero-order chi connectivity index (χ0) is 10.4. The molecule has 1 amide bonds. The SMILES string of the molecule is CCN(C)C(=O)CNCC1CCCO1.Cl. The summed E-state index contributed by atoms with van der Waals surface area (Å²) in [5, 5.41) is 3.13. The molecule has 1 fully saturated rings. The molecule has 0 aromatic rings. The Hall–Kier alpha value is -0.320. The fourth-order valence-corrected chi connectivity index (χ4v) is 1.46. The number of nitrogens with zero attached hydrogens (tertiary/aromatic N) is 1. The van der Waals surface area contributed by atoms with Crippen molar-refractivity contribution in [1.29, 1.82) is 0 Å². The molecule has 1 aliphatic heterocycles. The molecule has 0 radical (unpaired) electrons.